The standard InChI is InChI=1S/C19H24ClN3O2S/c1-25-17(24)9-14-10-26-19(22-14)16-7-11-6-12(20)8-15(18(11)23-16)21-13-4-2-3-5-13/h6,8,13-14,16,21,23H,2-5,7,9-10H2,1H3/t14-,16?/m1/s1. The van der Waals surface area contributed by atoms with E-state index in [4.69, 9.17) is 21.3 Å². The molecule has 1 saturated carbocycles. The van der Waals surface area contributed by atoms with E-state index in [2.05, 4.69) is 16.7 Å². The number of halogens is 1. The lowest BCUT2D eigenvalue weighted by molar-refractivity contribution is -0.140. The predicted octanol–water partition coefficient (Wildman–Crippen LogP) is 4.11. The zero-order valence-electron chi connectivity index (χ0n) is 14.9. The Bertz CT molecular complexity index is 734. The predicted molar refractivity (Wildman–Crippen MR) is 109 cm³/mol. The van der Waals surface area contributed by atoms with Crippen LogP contribution in [0.2, 0.25) is 5.02 Å². The van der Waals surface area contributed by atoms with Gasteiger partial charge in [-0.15, -0.1) is 11.8 Å². The zero-order valence-corrected chi connectivity index (χ0v) is 16.5. The summed E-state index contributed by atoms with van der Waals surface area (Å²) in [6.45, 7) is 0. The molecule has 4 rings (SSSR count). The van der Waals surface area contributed by atoms with E-state index in [-0.39, 0.29) is 18.1 Å². The molecule has 2 heterocycles. The number of fused-ring (bicyclic) bond motifs is 1. The van der Waals surface area contributed by atoms with E-state index in [0.29, 0.717) is 12.5 Å². The van der Waals surface area contributed by atoms with Gasteiger partial charge in [0.25, 0.3) is 0 Å². The third-order valence-corrected chi connectivity index (χ3v) is 6.76. The fourth-order valence-corrected chi connectivity index (χ4v) is 5.36. The first-order valence-electron chi connectivity index (χ1n) is 9.25. The van der Waals surface area contributed by atoms with Gasteiger partial charge in [-0.05, 0) is 30.5 Å². The van der Waals surface area contributed by atoms with Crippen molar-refractivity contribution in [3.05, 3.63) is 22.7 Å². The van der Waals surface area contributed by atoms with E-state index in [0.717, 1.165) is 33.6 Å². The highest BCUT2D eigenvalue weighted by molar-refractivity contribution is 8.14. The van der Waals surface area contributed by atoms with Crippen LogP contribution >= 0.6 is 23.4 Å². The summed E-state index contributed by atoms with van der Waals surface area (Å²) in [6, 6.07) is 4.81. The van der Waals surface area contributed by atoms with Crippen LogP contribution in [0.5, 0.6) is 0 Å². The van der Waals surface area contributed by atoms with Crippen molar-refractivity contribution in [2.75, 3.05) is 23.5 Å². The van der Waals surface area contributed by atoms with Gasteiger partial charge in [-0.2, -0.15) is 0 Å². The van der Waals surface area contributed by atoms with Crippen LogP contribution in [0.25, 0.3) is 0 Å². The Balaban J connectivity index is 1.48. The van der Waals surface area contributed by atoms with Crippen LogP contribution in [0.3, 0.4) is 0 Å². The Labute approximate surface area is 163 Å². The molecule has 2 atom stereocenters. The normalized spacial score (nSPS) is 24.9. The number of anilines is 2. The van der Waals surface area contributed by atoms with Crippen LogP contribution in [0.15, 0.2) is 17.1 Å². The van der Waals surface area contributed by atoms with E-state index < -0.39 is 0 Å². The number of hydrogen-bond acceptors (Lipinski definition) is 6. The average molecular weight is 394 g/mol. The van der Waals surface area contributed by atoms with Gasteiger partial charge in [0.05, 0.1) is 42.0 Å². The SMILES string of the molecule is COC(=O)C[C@@H]1CSC(C2Cc3cc(Cl)cc(NC4CCCC4)c3N2)=N1. The summed E-state index contributed by atoms with van der Waals surface area (Å²) in [6.07, 6.45) is 6.28. The number of esters is 1. The molecule has 140 valence electrons. The molecule has 0 aromatic heterocycles. The first kappa shape index (κ1) is 18.0. The zero-order chi connectivity index (χ0) is 18.1. The Morgan fingerprint density at radius 1 is 1.42 bits per heavy atom. The van der Waals surface area contributed by atoms with Gasteiger partial charge < -0.3 is 15.4 Å². The Morgan fingerprint density at radius 2 is 2.23 bits per heavy atom. The quantitative estimate of drug-likeness (QED) is 0.737. The average Bonchev–Trinajstić information content (AvgIpc) is 3.34. The van der Waals surface area contributed by atoms with E-state index >= 15 is 0 Å². The number of nitrogens with one attached hydrogen (secondary N) is 2. The largest absolute Gasteiger partial charge is 0.469 e. The molecule has 1 unspecified atom stereocenters. The van der Waals surface area contributed by atoms with Crippen molar-refractivity contribution in [3.63, 3.8) is 0 Å². The van der Waals surface area contributed by atoms with Crippen LogP contribution in [0.4, 0.5) is 11.4 Å². The molecule has 0 radical (unpaired) electrons. The van der Waals surface area contributed by atoms with Gasteiger partial charge in [-0.3, -0.25) is 9.79 Å². The van der Waals surface area contributed by atoms with E-state index in [1.54, 1.807) is 11.8 Å². The van der Waals surface area contributed by atoms with Gasteiger partial charge in [0, 0.05) is 23.2 Å². The molecular formula is C19H24ClN3O2S. The van der Waals surface area contributed by atoms with E-state index in [1.807, 2.05) is 6.07 Å². The number of thioether (sulfide) groups is 1. The van der Waals surface area contributed by atoms with Crippen molar-refractivity contribution in [2.24, 2.45) is 4.99 Å². The number of carbonyl (C=O) groups is 1. The minimum Gasteiger partial charge on any atom is -0.469 e. The smallest absolute Gasteiger partial charge is 0.307 e. The number of benzene rings is 1. The number of aliphatic imine (C=N–C) groups is 1. The van der Waals surface area contributed by atoms with Crippen molar-refractivity contribution in [2.45, 2.75) is 56.7 Å². The van der Waals surface area contributed by atoms with Crippen LogP contribution in [0, 0.1) is 0 Å². The number of nitrogens with zero attached hydrogens (tertiary/aromatic N) is 1. The molecule has 1 aliphatic carbocycles. The summed E-state index contributed by atoms with van der Waals surface area (Å²) < 4.78 is 4.76. The third kappa shape index (κ3) is 3.81. The molecule has 0 bridgehead atoms. The molecule has 0 amide bonds. The Kier molecular flexibility index (Phi) is 5.32. The molecule has 0 saturated heterocycles. The maximum atomic E-state index is 11.5. The summed E-state index contributed by atoms with van der Waals surface area (Å²) in [5, 5.41) is 9.18. The van der Waals surface area contributed by atoms with Gasteiger partial charge in [0.1, 0.15) is 0 Å². The molecule has 7 heteroatoms. The molecule has 1 aromatic carbocycles. The van der Waals surface area contributed by atoms with Crippen LogP contribution in [-0.2, 0) is 16.0 Å². The highest BCUT2D eigenvalue weighted by atomic mass is 35.5. The molecular weight excluding hydrogens is 370 g/mol. The van der Waals surface area contributed by atoms with Crippen LogP contribution < -0.4 is 10.6 Å². The van der Waals surface area contributed by atoms with E-state index in [9.17, 15) is 4.79 Å². The summed E-state index contributed by atoms with van der Waals surface area (Å²) in [5.74, 6) is 0.644. The first-order chi connectivity index (χ1) is 12.6. The van der Waals surface area contributed by atoms with Crippen LogP contribution in [0.1, 0.15) is 37.7 Å². The lowest BCUT2D eigenvalue weighted by Gasteiger charge is -2.18. The molecule has 2 aliphatic heterocycles. The number of hydrogen-bond donors (Lipinski definition) is 2. The first-order valence-corrected chi connectivity index (χ1v) is 10.6. The fraction of sp³-hybridized carbons (Fsp3) is 0.579. The summed E-state index contributed by atoms with van der Waals surface area (Å²) in [5.41, 5.74) is 3.50. The molecule has 2 N–H and O–H groups in total. The fourth-order valence-electron chi connectivity index (χ4n) is 4.00. The minimum atomic E-state index is -0.196. The molecule has 3 aliphatic rings. The number of carbonyl (C=O) groups excluding carboxylic acids is 1. The van der Waals surface area contributed by atoms with Gasteiger partial charge in [-0.25, -0.2) is 0 Å². The number of rotatable bonds is 5. The van der Waals surface area contributed by atoms with Gasteiger partial charge in [0.15, 0.2) is 0 Å². The molecule has 5 nitrogen and oxygen atoms in total. The van der Waals surface area contributed by atoms with Gasteiger partial charge >= 0.3 is 5.97 Å². The van der Waals surface area contributed by atoms with Crippen molar-refractivity contribution in [3.8, 4) is 0 Å². The second kappa shape index (κ2) is 7.69. The highest BCUT2D eigenvalue weighted by Crippen LogP contribution is 2.40. The number of ether oxygens (including phenoxy) is 1. The van der Waals surface area contributed by atoms with E-state index in [1.165, 1.54) is 38.4 Å². The van der Waals surface area contributed by atoms with Crippen molar-refractivity contribution in [1.82, 2.24) is 0 Å². The molecule has 26 heavy (non-hydrogen) atoms. The molecule has 1 aromatic rings. The van der Waals surface area contributed by atoms with Gasteiger partial charge in [0.2, 0.25) is 0 Å². The molecule has 0 spiro atoms. The van der Waals surface area contributed by atoms with Gasteiger partial charge in [-0.1, -0.05) is 24.4 Å². The lowest BCUT2D eigenvalue weighted by atomic mass is 10.1. The van der Waals surface area contributed by atoms with Crippen molar-refractivity contribution in [1.29, 1.82) is 0 Å². The maximum Gasteiger partial charge on any atom is 0.307 e. The minimum absolute atomic E-state index is 0.0210. The topological polar surface area (TPSA) is 62.7 Å². The van der Waals surface area contributed by atoms with Crippen LogP contribution in [-0.4, -0.2) is 42.0 Å². The summed E-state index contributed by atoms with van der Waals surface area (Å²) in [4.78, 5) is 16.2. The second-order valence-electron chi connectivity index (χ2n) is 7.23. The summed E-state index contributed by atoms with van der Waals surface area (Å²) in [7, 11) is 1.42. The Morgan fingerprint density at radius 3 is 3.00 bits per heavy atom. The third-order valence-electron chi connectivity index (χ3n) is 5.30. The van der Waals surface area contributed by atoms with Crippen molar-refractivity contribution < 1.29 is 9.53 Å². The number of methoxy groups -OCH3 is 1. The second-order valence-corrected chi connectivity index (χ2v) is 8.70. The van der Waals surface area contributed by atoms with Crippen molar-refractivity contribution >= 4 is 45.8 Å². The Hall–Kier alpha value is -1.40. The monoisotopic (exact) mass is 393 g/mol. The summed E-state index contributed by atoms with van der Waals surface area (Å²) >= 11 is 8.10. The maximum absolute atomic E-state index is 11.5. The lowest BCUT2D eigenvalue weighted by Crippen LogP contribution is -2.24. The molecule has 1 fully saturated rings. The highest BCUT2D eigenvalue weighted by Gasteiger charge is 2.32.